The number of aromatic hydroxyl groups is 2. The second-order valence-corrected chi connectivity index (χ2v) is 10.3. The summed E-state index contributed by atoms with van der Waals surface area (Å²) in [5.41, 5.74) is 5.73. The van der Waals surface area contributed by atoms with E-state index < -0.39 is 6.10 Å². The smallest absolute Gasteiger partial charge is 0.174 e. The van der Waals surface area contributed by atoms with Crippen molar-refractivity contribution >= 4 is 5.78 Å². The zero-order chi connectivity index (χ0) is 28.0. The van der Waals surface area contributed by atoms with Crippen LogP contribution in [0, 0.1) is 0 Å². The van der Waals surface area contributed by atoms with E-state index in [2.05, 4.69) is 32.9 Å². The molecule has 0 amide bonds. The molecule has 2 N–H and O–H groups in total. The summed E-state index contributed by atoms with van der Waals surface area (Å²) in [6.45, 7) is 10.2. The molecular weight excluding hydrogens is 480 g/mol. The van der Waals surface area contributed by atoms with E-state index in [0.29, 0.717) is 29.9 Å². The van der Waals surface area contributed by atoms with Crippen molar-refractivity contribution in [2.45, 2.75) is 72.8 Å². The molecule has 0 bridgehead atoms. The van der Waals surface area contributed by atoms with Crippen LogP contribution in [0.4, 0.5) is 0 Å². The summed E-state index contributed by atoms with van der Waals surface area (Å²) in [5.74, 6) is 0.822. The highest BCUT2D eigenvalue weighted by molar-refractivity contribution is 6.03. The first kappa shape index (κ1) is 28.9. The van der Waals surface area contributed by atoms with Crippen LogP contribution in [-0.2, 0) is 12.8 Å². The van der Waals surface area contributed by atoms with Crippen LogP contribution in [0.15, 0.2) is 53.1 Å². The molecule has 0 saturated carbocycles. The number of phenols is 2. The largest absolute Gasteiger partial charge is 0.507 e. The fourth-order valence-electron chi connectivity index (χ4n) is 4.67. The molecule has 204 valence electrons. The Morgan fingerprint density at radius 1 is 0.974 bits per heavy atom. The van der Waals surface area contributed by atoms with Gasteiger partial charge in [-0.05, 0) is 66.4 Å². The molecule has 1 heterocycles. The summed E-state index contributed by atoms with van der Waals surface area (Å²) >= 11 is 0. The van der Waals surface area contributed by atoms with Crippen molar-refractivity contribution in [1.82, 2.24) is 0 Å². The van der Waals surface area contributed by atoms with Crippen LogP contribution in [0.1, 0.15) is 87.0 Å². The molecule has 38 heavy (non-hydrogen) atoms. The summed E-state index contributed by atoms with van der Waals surface area (Å²) < 4.78 is 17.6. The van der Waals surface area contributed by atoms with Crippen LogP contribution in [0.2, 0.25) is 0 Å². The number of hydrogen-bond donors (Lipinski definition) is 2. The highest BCUT2D eigenvalue weighted by Gasteiger charge is 2.34. The normalized spacial score (nSPS) is 14.9. The fraction of sp³-hybridized carbons (Fsp3) is 0.406. The predicted octanol–water partition coefficient (Wildman–Crippen LogP) is 7.57. The Hall–Kier alpha value is -3.67. The van der Waals surface area contributed by atoms with E-state index in [4.69, 9.17) is 14.2 Å². The Bertz CT molecular complexity index is 1270. The van der Waals surface area contributed by atoms with Crippen LogP contribution in [-0.4, -0.2) is 30.2 Å². The molecule has 0 saturated heterocycles. The third kappa shape index (κ3) is 6.60. The summed E-state index contributed by atoms with van der Waals surface area (Å²) in [7, 11) is 3.19. The predicted molar refractivity (Wildman–Crippen MR) is 151 cm³/mol. The van der Waals surface area contributed by atoms with Crippen LogP contribution in [0.25, 0.3) is 0 Å². The van der Waals surface area contributed by atoms with E-state index in [0.717, 1.165) is 29.5 Å². The number of Topliss-reactive ketones (excluding diaryl/α,β-unsaturated/α-hetero) is 1. The molecule has 0 fully saturated rings. The molecule has 3 rings (SSSR count). The van der Waals surface area contributed by atoms with Gasteiger partial charge in [-0.3, -0.25) is 4.79 Å². The monoisotopic (exact) mass is 520 g/mol. The first-order valence-corrected chi connectivity index (χ1v) is 13.0. The standard InChI is InChI=1S/C32H40O6/c1-19(2)9-8-10-21(5)12-14-23-22(15-16-27(36-6)32(23)37-7)28-18-26(34)30-29(38-28)17-25(33)24(31(30)35)13-11-20(3)4/h9,11-12,15-17,28,33,35H,8,10,13-14,18H2,1-7H3/b21-12+/t28-/m0/s1. The van der Waals surface area contributed by atoms with Crippen molar-refractivity contribution < 1.29 is 29.2 Å². The van der Waals surface area contributed by atoms with Gasteiger partial charge in [0.25, 0.3) is 0 Å². The van der Waals surface area contributed by atoms with Gasteiger partial charge in [0.15, 0.2) is 17.3 Å². The van der Waals surface area contributed by atoms with Crippen molar-refractivity contribution in [3.05, 3.63) is 75.4 Å². The number of carbonyl (C=O) groups is 1. The maximum Gasteiger partial charge on any atom is 0.174 e. The highest BCUT2D eigenvalue weighted by atomic mass is 16.5. The molecule has 0 spiro atoms. The lowest BCUT2D eigenvalue weighted by atomic mass is 9.89. The average molecular weight is 521 g/mol. The number of allylic oxidation sites excluding steroid dienone is 6. The van der Waals surface area contributed by atoms with Crippen molar-refractivity contribution in [2.24, 2.45) is 0 Å². The van der Waals surface area contributed by atoms with Gasteiger partial charge in [0, 0.05) is 22.8 Å². The number of phenolic OH excluding ortho intramolecular Hbond substituents is 2. The van der Waals surface area contributed by atoms with Crippen LogP contribution < -0.4 is 14.2 Å². The topological polar surface area (TPSA) is 85.2 Å². The average Bonchev–Trinajstić information content (AvgIpc) is 2.85. The minimum atomic E-state index is -0.605. The number of ketones is 1. The molecule has 0 unspecified atom stereocenters. The van der Waals surface area contributed by atoms with Crippen molar-refractivity contribution in [2.75, 3.05) is 14.2 Å². The maximum atomic E-state index is 13.3. The van der Waals surface area contributed by atoms with E-state index in [1.54, 1.807) is 14.2 Å². The molecule has 0 aromatic heterocycles. The first-order valence-electron chi connectivity index (χ1n) is 13.0. The summed E-state index contributed by atoms with van der Waals surface area (Å²) in [4.78, 5) is 13.3. The van der Waals surface area contributed by atoms with E-state index in [9.17, 15) is 15.0 Å². The Labute approximate surface area is 226 Å². The van der Waals surface area contributed by atoms with Crippen LogP contribution in [0.5, 0.6) is 28.7 Å². The first-order chi connectivity index (χ1) is 18.1. The second kappa shape index (κ2) is 12.7. The number of fused-ring (bicyclic) bond motifs is 1. The fourth-order valence-corrected chi connectivity index (χ4v) is 4.67. The molecule has 1 aliphatic rings. The number of benzene rings is 2. The molecule has 0 aliphatic carbocycles. The van der Waals surface area contributed by atoms with Crippen molar-refractivity contribution in [3.8, 4) is 28.7 Å². The quantitative estimate of drug-likeness (QED) is 0.314. The number of hydrogen-bond acceptors (Lipinski definition) is 6. The van der Waals surface area contributed by atoms with Gasteiger partial charge in [-0.15, -0.1) is 0 Å². The zero-order valence-corrected chi connectivity index (χ0v) is 23.6. The van der Waals surface area contributed by atoms with Crippen LogP contribution >= 0.6 is 0 Å². The molecule has 1 atom stereocenters. The Kier molecular flexibility index (Phi) is 9.67. The third-order valence-electron chi connectivity index (χ3n) is 6.76. The van der Waals surface area contributed by atoms with Gasteiger partial charge in [0.2, 0.25) is 0 Å². The molecule has 0 radical (unpaired) electrons. The van der Waals surface area contributed by atoms with Gasteiger partial charge < -0.3 is 24.4 Å². The van der Waals surface area contributed by atoms with E-state index in [1.807, 2.05) is 32.1 Å². The lowest BCUT2D eigenvalue weighted by Gasteiger charge is -2.29. The Balaban J connectivity index is 2.00. The lowest BCUT2D eigenvalue weighted by Crippen LogP contribution is -2.22. The van der Waals surface area contributed by atoms with E-state index in [-0.39, 0.29) is 35.0 Å². The minimum Gasteiger partial charge on any atom is -0.507 e. The molecular formula is C32H40O6. The highest BCUT2D eigenvalue weighted by Crippen LogP contribution is 2.47. The summed E-state index contributed by atoms with van der Waals surface area (Å²) in [6.07, 6.45) is 8.57. The van der Waals surface area contributed by atoms with Gasteiger partial charge in [0.05, 0.1) is 20.6 Å². The van der Waals surface area contributed by atoms with Gasteiger partial charge in [-0.1, -0.05) is 41.0 Å². The zero-order valence-electron chi connectivity index (χ0n) is 23.6. The van der Waals surface area contributed by atoms with Gasteiger partial charge in [-0.25, -0.2) is 0 Å². The molecule has 6 nitrogen and oxygen atoms in total. The third-order valence-corrected chi connectivity index (χ3v) is 6.76. The molecule has 2 aromatic rings. The van der Waals surface area contributed by atoms with Gasteiger partial charge in [0.1, 0.15) is 28.9 Å². The number of methoxy groups -OCH3 is 2. The summed E-state index contributed by atoms with van der Waals surface area (Å²) in [6, 6.07) is 5.14. The van der Waals surface area contributed by atoms with Gasteiger partial charge in [-0.2, -0.15) is 0 Å². The second-order valence-electron chi connectivity index (χ2n) is 10.3. The number of carbonyl (C=O) groups excluding carboxylic acids is 1. The Morgan fingerprint density at radius 2 is 1.66 bits per heavy atom. The van der Waals surface area contributed by atoms with Crippen molar-refractivity contribution in [3.63, 3.8) is 0 Å². The minimum absolute atomic E-state index is 0.0547. The van der Waals surface area contributed by atoms with E-state index >= 15 is 0 Å². The molecule has 2 aromatic carbocycles. The SMILES string of the molecule is COc1ccc([C@@H]2CC(=O)c3c(cc(O)c(CC=C(C)C)c3O)O2)c(C/C=C(\C)CCC=C(C)C)c1OC. The van der Waals surface area contributed by atoms with Crippen molar-refractivity contribution in [1.29, 1.82) is 0 Å². The summed E-state index contributed by atoms with van der Waals surface area (Å²) in [5, 5.41) is 21.5. The van der Waals surface area contributed by atoms with E-state index in [1.165, 1.54) is 17.2 Å². The Morgan fingerprint density at radius 3 is 2.29 bits per heavy atom. The van der Waals surface area contributed by atoms with Crippen LogP contribution in [0.3, 0.4) is 0 Å². The van der Waals surface area contributed by atoms with Gasteiger partial charge >= 0.3 is 0 Å². The number of ether oxygens (including phenoxy) is 3. The lowest BCUT2D eigenvalue weighted by molar-refractivity contribution is 0.0843. The number of rotatable bonds is 10. The maximum absolute atomic E-state index is 13.3. The molecule has 1 aliphatic heterocycles. The molecule has 6 heteroatoms.